The number of ether oxygens (including phenoxy) is 1. The van der Waals surface area contributed by atoms with Crippen molar-refractivity contribution in [3.63, 3.8) is 0 Å². The molecule has 1 fully saturated rings. The minimum Gasteiger partial charge on any atom is -0.384 e. The number of aromatic nitrogens is 1. The number of aliphatic hydroxyl groups excluding tert-OH is 1. The van der Waals surface area contributed by atoms with Gasteiger partial charge in [-0.25, -0.2) is 4.39 Å². The number of allylic oxidation sites excluding steroid dienone is 2. The van der Waals surface area contributed by atoms with Gasteiger partial charge in [0.25, 0.3) is 0 Å². The van der Waals surface area contributed by atoms with Gasteiger partial charge in [0.1, 0.15) is 11.9 Å². The first-order valence-corrected chi connectivity index (χ1v) is 14.8. The number of pyridine rings is 1. The van der Waals surface area contributed by atoms with Crippen LogP contribution in [0.2, 0.25) is 0 Å². The minimum absolute atomic E-state index is 0.0161. The molecule has 0 amide bonds. The van der Waals surface area contributed by atoms with E-state index in [-0.39, 0.29) is 28.9 Å². The number of nitrogens with zero attached hydrogens (tertiary/aromatic N) is 1. The molecule has 0 aliphatic heterocycles. The van der Waals surface area contributed by atoms with Crippen molar-refractivity contribution in [3.05, 3.63) is 69.8 Å². The molecule has 3 aliphatic rings. The molecule has 2 unspecified atom stereocenters. The molecule has 38 heavy (non-hydrogen) atoms. The second-order valence-electron chi connectivity index (χ2n) is 13.9. The largest absolute Gasteiger partial charge is 0.384 e. The van der Waals surface area contributed by atoms with Gasteiger partial charge in [0.15, 0.2) is 0 Å². The van der Waals surface area contributed by atoms with Gasteiger partial charge in [0, 0.05) is 22.7 Å². The Hall–Kier alpha value is -2.04. The minimum atomic E-state index is -0.851. The molecule has 1 saturated carbocycles. The first-order valence-electron chi connectivity index (χ1n) is 14.8. The van der Waals surface area contributed by atoms with Gasteiger partial charge < -0.3 is 9.84 Å². The Morgan fingerprint density at radius 2 is 1.76 bits per heavy atom. The van der Waals surface area contributed by atoms with E-state index < -0.39 is 6.10 Å². The smallest absolute Gasteiger partial charge is 0.123 e. The first-order chi connectivity index (χ1) is 17.9. The average Bonchev–Trinajstić information content (AvgIpc) is 3.56. The van der Waals surface area contributed by atoms with E-state index in [2.05, 4.69) is 47.6 Å². The molecule has 0 saturated heterocycles. The van der Waals surface area contributed by atoms with Gasteiger partial charge in [-0.15, -0.1) is 0 Å². The highest BCUT2D eigenvalue weighted by Gasteiger charge is 2.41. The summed E-state index contributed by atoms with van der Waals surface area (Å²) in [5.74, 6) is 0.0650. The zero-order valence-corrected chi connectivity index (χ0v) is 24.2. The molecule has 0 radical (unpaired) electrons. The molecule has 5 rings (SSSR count). The lowest BCUT2D eigenvalue weighted by Crippen LogP contribution is -2.35. The molecule has 3 aliphatic carbocycles. The molecule has 3 atom stereocenters. The van der Waals surface area contributed by atoms with Crippen LogP contribution in [0.25, 0.3) is 5.57 Å². The van der Waals surface area contributed by atoms with Gasteiger partial charge >= 0.3 is 0 Å². The van der Waals surface area contributed by atoms with Crippen molar-refractivity contribution >= 4 is 5.57 Å². The zero-order valence-electron chi connectivity index (χ0n) is 24.2. The predicted molar refractivity (Wildman–Crippen MR) is 153 cm³/mol. The summed E-state index contributed by atoms with van der Waals surface area (Å²) < 4.78 is 20.8. The Labute approximate surface area is 228 Å². The van der Waals surface area contributed by atoms with Gasteiger partial charge in [0.05, 0.1) is 17.9 Å². The number of hydrogen-bond donors (Lipinski definition) is 1. The van der Waals surface area contributed by atoms with Crippen LogP contribution in [-0.2, 0) is 11.2 Å². The van der Waals surface area contributed by atoms with Crippen LogP contribution in [-0.4, -0.2) is 16.2 Å². The second-order valence-corrected chi connectivity index (χ2v) is 13.9. The monoisotopic (exact) mass is 519 g/mol. The lowest BCUT2D eigenvalue weighted by atomic mass is 9.71. The topological polar surface area (TPSA) is 42.4 Å². The summed E-state index contributed by atoms with van der Waals surface area (Å²) in [6.07, 6.45) is 11.2. The first kappa shape index (κ1) is 27.5. The zero-order chi connectivity index (χ0) is 27.2. The molecule has 206 valence electrons. The van der Waals surface area contributed by atoms with E-state index in [1.54, 1.807) is 12.1 Å². The maximum absolute atomic E-state index is 13.8. The highest BCUT2D eigenvalue weighted by Crippen LogP contribution is 2.51. The van der Waals surface area contributed by atoms with Crippen LogP contribution in [0.4, 0.5) is 4.39 Å². The highest BCUT2D eigenvalue weighted by molar-refractivity contribution is 5.75. The molecular formula is C34H46FNO2. The maximum atomic E-state index is 13.8. The van der Waals surface area contributed by atoms with Crippen molar-refractivity contribution < 1.29 is 14.2 Å². The summed E-state index contributed by atoms with van der Waals surface area (Å²) in [7, 11) is 0. The van der Waals surface area contributed by atoms with E-state index in [0.717, 1.165) is 67.5 Å². The molecule has 4 heteroatoms. The fourth-order valence-corrected chi connectivity index (χ4v) is 6.70. The Balaban J connectivity index is 1.77. The van der Waals surface area contributed by atoms with Gasteiger partial charge in [-0.1, -0.05) is 65.7 Å². The molecule has 1 heterocycles. The molecule has 0 spiro atoms. The summed E-state index contributed by atoms with van der Waals surface area (Å²) in [6, 6.07) is 6.36. The quantitative estimate of drug-likeness (QED) is 0.414. The van der Waals surface area contributed by atoms with Gasteiger partial charge in [-0.3, -0.25) is 4.98 Å². The Morgan fingerprint density at radius 3 is 2.37 bits per heavy atom. The van der Waals surface area contributed by atoms with Crippen LogP contribution in [0.3, 0.4) is 0 Å². The lowest BCUT2D eigenvalue weighted by molar-refractivity contribution is -0.0778. The maximum Gasteiger partial charge on any atom is 0.123 e. The van der Waals surface area contributed by atoms with Crippen molar-refractivity contribution in [2.75, 3.05) is 0 Å². The van der Waals surface area contributed by atoms with E-state index in [1.807, 2.05) is 0 Å². The Kier molecular flexibility index (Phi) is 7.61. The van der Waals surface area contributed by atoms with Gasteiger partial charge in [-0.05, 0) is 91.5 Å². The second kappa shape index (κ2) is 10.5. The van der Waals surface area contributed by atoms with Crippen LogP contribution in [0, 0.1) is 16.6 Å². The number of rotatable bonds is 6. The number of halogens is 1. The number of benzene rings is 1. The van der Waals surface area contributed by atoms with Crippen LogP contribution in [0.1, 0.15) is 145 Å². The lowest BCUT2D eigenvalue weighted by Gasteiger charge is -2.42. The fourth-order valence-electron chi connectivity index (χ4n) is 6.70. The average molecular weight is 520 g/mol. The molecule has 1 N–H and O–H groups in total. The predicted octanol–water partition coefficient (Wildman–Crippen LogP) is 8.99. The standard InChI is InChI=1S/C34H46FNO2/c1-21(33(2,3)4)38-27-20-34(5,6)19-26-29(27)28(22-11-7-8-12-22)30(31(36-26)23-13-9-10-14-23)32(37)24-15-17-25(35)18-16-24/h11,15-18,21,23,27,32,37H,7-10,12-14,19-20H2,1-6H3/t21?,27?,32-/m1/s1. The summed E-state index contributed by atoms with van der Waals surface area (Å²) in [4.78, 5) is 5.47. The fraction of sp³-hybridized carbons (Fsp3) is 0.618. The van der Waals surface area contributed by atoms with E-state index in [0.29, 0.717) is 5.92 Å². The molecule has 3 nitrogen and oxygen atoms in total. The van der Waals surface area contributed by atoms with Crippen molar-refractivity contribution in [1.29, 1.82) is 0 Å². The van der Waals surface area contributed by atoms with Crippen LogP contribution in [0.15, 0.2) is 30.3 Å². The third kappa shape index (κ3) is 5.49. The molecule has 2 aromatic rings. The number of fused-ring (bicyclic) bond motifs is 1. The molecule has 1 aromatic heterocycles. The highest BCUT2D eigenvalue weighted by atomic mass is 19.1. The van der Waals surface area contributed by atoms with Crippen molar-refractivity contribution in [3.8, 4) is 0 Å². The normalized spacial score (nSPS) is 23.3. The van der Waals surface area contributed by atoms with E-state index in [9.17, 15) is 9.50 Å². The van der Waals surface area contributed by atoms with E-state index >= 15 is 0 Å². The third-order valence-electron chi connectivity index (χ3n) is 9.24. The van der Waals surface area contributed by atoms with Gasteiger partial charge in [-0.2, -0.15) is 0 Å². The summed E-state index contributed by atoms with van der Waals surface area (Å²) in [5, 5.41) is 12.0. The van der Waals surface area contributed by atoms with Crippen molar-refractivity contribution in [2.24, 2.45) is 10.8 Å². The van der Waals surface area contributed by atoms with Crippen LogP contribution >= 0.6 is 0 Å². The third-order valence-corrected chi connectivity index (χ3v) is 9.24. The summed E-state index contributed by atoms with van der Waals surface area (Å²) in [5.41, 5.74) is 7.72. The Morgan fingerprint density at radius 1 is 1.08 bits per heavy atom. The molecule has 1 aromatic carbocycles. The summed E-state index contributed by atoms with van der Waals surface area (Å²) >= 11 is 0. The molecular weight excluding hydrogens is 473 g/mol. The summed E-state index contributed by atoms with van der Waals surface area (Å²) in [6.45, 7) is 13.6. The van der Waals surface area contributed by atoms with Crippen molar-refractivity contribution in [1.82, 2.24) is 4.98 Å². The number of hydrogen-bond acceptors (Lipinski definition) is 3. The van der Waals surface area contributed by atoms with Gasteiger partial charge in [0.2, 0.25) is 0 Å². The van der Waals surface area contributed by atoms with E-state index in [4.69, 9.17) is 9.72 Å². The number of aliphatic hydroxyl groups is 1. The van der Waals surface area contributed by atoms with E-state index in [1.165, 1.54) is 41.7 Å². The van der Waals surface area contributed by atoms with Crippen LogP contribution in [0.5, 0.6) is 0 Å². The Bertz CT molecular complexity index is 1180. The SMILES string of the molecule is CC(OC1CC(C)(C)Cc2nc(C3CCCC3)c([C@H](O)c3ccc(F)cc3)c(C3=CCCC3)c21)C(C)(C)C. The molecule has 0 bridgehead atoms. The van der Waals surface area contributed by atoms with Crippen LogP contribution < -0.4 is 0 Å². The van der Waals surface area contributed by atoms with Crippen molar-refractivity contribution in [2.45, 2.75) is 124 Å².